The summed E-state index contributed by atoms with van der Waals surface area (Å²) in [6.07, 6.45) is 0.870. The van der Waals surface area contributed by atoms with E-state index in [1.807, 2.05) is 35.0 Å². The normalized spacial score (nSPS) is 10.0. The number of anilines is 1. The molecular formula is C11H9NOS. The summed E-state index contributed by atoms with van der Waals surface area (Å²) in [7, 11) is 0. The minimum Gasteiger partial charge on any atom is -0.399 e. The average Bonchev–Trinajstić information content (AvgIpc) is 2.65. The minimum atomic E-state index is 0.713. The Hall–Kier alpha value is -1.61. The number of carbonyl (C=O) groups excluding carboxylic acids is 1. The molecule has 0 aliphatic rings. The van der Waals surface area contributed by atoms with Crippen molar-refractivity contribution < 1.29 is 4.79 Å². The van der Waals surface area contributed by atoms with Gasteiger partial charge in [-0.05, 0) is 23.1 Å². The molecule has 0 spiro atoms. The highest BCUT2D eigenvalue weighted by atomic mass is 32.1. The van der Waals surface area contributed by atoms with E-state index in [0.29, 0.717) is 5.69 Å². The fourth-order valence-electron chi connectivity index (χ4n) is 1.34. The molecule has 2 rings (SSSR count). The minimum absolute atomic E-state index is 0.713. The quantitative estimate of drug-likeness (QED) is 0.602. The molecule has 0 fully saturated rings. The van der Waals surface area contributed by atoms with Crippen molar-refractivity contribution in [2.24, 2.45) is 0 Å². The lowest BCUT2D eigenvalue weighted by atomic mass is 10.1. The van der Waals surface area contributed by atoms with E-state index < -0.39 is 0 Å². The Morgan fingerprint density at radius 2 is 2.14 bits per heavy atom. The largest absolute Gasteiger partial charge is 0.399 e. The molecule has 0 bridgehead atoms. The average molecular weight is 203 g/mol. The number of benzene rings is 1. The van der Waals surface area contributed by atoms with Crippen LogP contribution in [0.15, 0.2) is 35.0 Å². The van der Waals surface area contributed by atoms with Gasteiger partial charge in [0.25, 0.3) is 0 Å². The first-order valence-electron chi connectivity index (χ1n) is 4.18. The van der Waals surface area contributed by atoms with Crippen LogP contribution in [0.5, 0.6) is 0 Å². The summed E-state index contributed by atoms with van der Waals surface area (Å²) in [5.41, 5.74) is 9.06. The van der Waals surface area contributed by atoms with Crippen molar-refractivity contribution in [1.82, 2.24) is 0 Å². The van der Waals surface area contributed by atoms with Crippen LogP contribution in [-0.4, -0.2) is 6.29 Å². The number of thiophene rings is 1. The summed E-state index contributed by atoms with van der Waals surface area (Å²) >= 11 is 1.52. The first-order chi connectivity index (χ1) is 6.81. The standard InChI is InChI=1S/C11H9NOS/c12-10-3-1-2-8(4-10)11-7-14-6-9(11)5-13/h1-7H,12H2. The Kier molecular flexibility index (Phi) is 2.33. The van der Waals surface area contributed by atoms with Gasteiger partial charge >= 0.3 is 0 Å². The van der Waals surface area contributed by atoms with Crippen LogP contribution in [0.25, 0.3) is 11.1 Å². The monoisotopic (exact) mass is 203 g/mol. The number of hydrogen-bond acceptors (Lipinski definition) is 3. The van der Waals surface area contributed by atoms with Crippen LogP contribution in [0.1, 0.15) is 10.4 Å². The van der Waals surface area contributed by atoms with E-state index in [9.17, 15) is 4.79 Å². The smallest absolute Gasteiger partial charge is 0.151 e. The molecule has 2 N–H and O–H groups in total. The van der Waals surface area contributed by atoms with E-state index >= 15 is 0 Å². The van der Waals surface area contributed by atoms with Gasteiger partial charge < -0.3 is 5.73 Å². The Bertz CT molecular complexity index is 462. The van der Waals surface area contributed by atoms with E-state index in [0.717, 1.165) is 23.0 Å². The number of rotatable bonds is 2. The maximum Gasteiger partial charge on any atom is 0.151 e. The van der Waals surface area contributed by atoms with Gasteiger partial charge in [-0.1, -0.05) is 12.1 Å². The lowest BCUT2D eigenvalue weighted by Crippen LogP contribution is -1.86. The molecule has 3 heteroatoms. The summed E-state index contributed by atoms with van der Waals surface area (Å²) in [6.45, 7) is 0. The van der Waals surface area contributed by atoms with Crippen molar-refractivity contribution in [1.29, 1.82) is 0 Å². The second-order valence-electron chi connectivity index (χ2n) is 2.98. The molecule has 0 saturated heterocycles. The van der Waals surface area contributed by atoms with Crippen LogP contribution < -0.4 is 5.73 Å². The number of hydrogen-bond donors (Lipinski definition) is 1. The van der Waals surface area contributed by atoms with Crippen LogP contribution >= 0.6 is 11.3 Å². The molecule has 70 valence electrons. The van der Waals surface area contributed by atoms with Crippen molar-refractivity contribution in [3.63, 3.8) is 0 Å². The van der Waals surface area contributed by atoms with Crippen LogP contribution in [0.2, 0.25) is 0 Å². The maximum atomic E-state index is 10.7. The summed E-state index contributed by atoms with van der Waals surface area (Å²) in [6, 6.07) is 7.54. The summed E-state index contributed by atoms with van der Waals surface area (Å²) < 4.78 is 0. The van der Waals surface area contributed by atoms with Crippen molar-refractivity contribution in [3.8, 4) is 11.1 Å². The first-order valence-corrected chi connectivity index (χ1v) is 5.13. The SMILES string of the molecule is Nc1cccc(-c2cscc2C=O)c1. The fraction of sp³-hybridized carbons (Fsp3) is 0. The molecular weight excluding hydrogens is 194 g/mol. The number of carbonyl (C=O) groups is 1. The lowest BCUT2D eigenvalue weighted by Gasteiger charge is -2.00. The first kappa shape index (κ1) is 8.97. The zero-order valence-electron chi connectivity index (χ0n) is 7.44. The third-order valence-corrected chi connectivity index (χ3v) is 2.78. The van der Waals surface area contributed by atoms with Gasteiger partial charge in [-0.25, -0.2) is 0 Å². The highest BCUT2D eigenvalue weighted by molar-refractivity contribution is 7.08. The highest BCUT2D eigenvalue weighted by Gasteiger charge is 2.04. The molecule has 0 radical (unpaired) electrons. The van der Waals surface area contributed by atoms with Crippen LogP contribution in [0, 0.1) is 0 Å². The maximum absolute atomic E-state index is 10.7. The van der Waals surface area contributed by atoms with Crippen molar-refractivity contribution in [3.05, 3.63) is 40.6 Å². The van der Waals surface area contributed by atoms with Crippen LogP contribution in [0.3, 0.4) is 0 Å². The topological polar surface area (TPSA) is 43.1 Å². The summed E-state index contributed by atoms with van der Waals surface area (Å²) in [5.74, 6) is 0. The predicted molar refractivity (Wildman–Crippen MR) is 59.6 cm³/mol. The summed E-state index contributed by atoms with van der Waals surface area (Å²) in [5, 5.41) is 3.80. The zero-order chi connectivity index (χ0) is 9.97. The summed E-state index contributed by atoms with van der Waals surface area (Å²) in [4.78, 5) is 10.7. The molecule has 0 saturated carbocycles. The third-order valence-electron chi connectivity index (χ3n) is 2.02. The molecule has 14 heavy (non-hydrogen) atoms. The van der Waals surface area contributed by atoms with Gasteiger partial charge in [0, 0.05) is 22.2 Å². The molecule has 2 nitrogen and oxygen atoms in total. The second-order valence-corrected chi connectivity index (χ2v) is 3.73. The Labute approximate surface area is 86.0 Å². The van der Waals surface area contributed by atoms with Crippen molar-refractivity contribution in [2.75, 3.05) is 5.73 Å². The number of aldehydes is 1. The van der Waals surface area contributed by atoms with Crippen LogP contribution in [0.4, 0.5) is 5.69 Å². The molecule has 0 atom stereocenters. The molecule has 0 aliphatic heterocycles. The second kappa shape index (κ2) is 3.64. The van der Waals surface area contributed by atoms with Gasteiger partial charge in [0.05, 0.1) is 0 Å². The van der Waals surface area contributed by atoms with Gasteiger partial charge in [0.15, 0.2) is 6.29 Å². The lowest BCUT2D eigenvalue weighted by molar-refractivity contribution is 0.112. The van der Waals surface area contributed by atoms with Gasteiger partial charge in [0.2, 0.25) is 0 Å². The van der Waals surface area contributed by atoms with Gasteiger partial charge in [0.1, 0.15) is 0 Å². The fourth-order valence-corrected chi connectivity index (χ4v) is 2.14. The molecule has 0 amide bonds. The Morgan fingerprint density at radius 1 is 1.29 bits per heavy atom. The van der Waals surface area contributed by atoms with Gasteiger partial charge in [-0.2, -0.15) is 11.3 Å². The number of nitrogens with two attached hydrogens (primary N) is 1. The molecule has 1 aromatic carbocycles. The molecule has 0 aliphatic carbocycles. The molecule has 1 heterocycles. The molecule has 1 aromatic heterocycles. The molecule has 2 aromatic rings. The van der Waals surface area contributed by atoms with E-state index in [4.69, 9.17) is 5.73 Å². The van der Waals surface area contributed by atoms with E-state index in [-0.39, 0.29) is 0 Å². The predicted octanol–water partition coefficient (Wildman–Crippen LogP) is 2.81. The Morgan fingerprint density at radius 3 is 2.86 bits per heavy atom. The van der Waals surface area contributed by atoms with E-state index in [1.165, 1.54) is 11.3 Å². The van der Waals surface area contributed by atoms with Gasteiger partial charge in [-0.15, -0.1) is 0 Å². The molecule has 0 unspecified atom stereocenters. The van der Waals surface area contributed by atoms with E-state index in [2.05, 4.69) is 0 Å². The van der Waals surface area contributed by atoms with Crippen LogP contribution in [-0.2, 0) is 0 Å². The zero-order valence-corrected chi connectivity index (χ0v) is 8.25. The number of nitrogen functional groups attached to an aromatic ring is 1. The van der Waals surface area contributed by atoms with E-state index in [1.54, 1.807) is 0 Å². The van der Waals surface area contributed by atoms with Gasteiger partial charge in [-0.3, -0.25) is 4.79 Å². The third kappa shape index (κ3) is 1.54. The Balaban J connectivity index is 2.54. The van der Waals surface area contributed by atoms with Crippen molar-refractivity contribution >= 4 is 23.3 Å². The highest BCUT2D eigenvalue weighted by Crippen LogP contribution is 2.27. The van der Waals surface area contributed by atoms with Crippen molar-refractivity contribution in [2.45, 2.75) is 0 Å².